The van der Waals surface area contributed by atoms with Crippen LogP contribution in [0.4, 0.5) is 4.39 Å². The number of hydrogen-bond donors (Lipinski definition) is 0. The van der Waals surface area contributed by atoms with Crippen molar-refractivity contribution in [1.29, 1.82) is 0 Å². The lowest BCUT2D eigenvalue weighted by Crippen LogP contribution is -2.14. The van der Waals surface area contributed by atoms with E-state index in [4.69, 9.17) is 34.8 Å². The molecule has 0 aliphatic carbocycles. The fourth-order valence-electron chi connectivity index (χ4n) is 2.22. The normalized spacial score (nSPS) is 11.5. The Morgan fingerprint density at radius 3 is 2.42 bits per heavy atom. The van der Waals surface area contributed by atoms with Gasteiger partial charge in [0.15, 0.2) is 4.80 Å². The predicted molar refractivity (Wildman–Crippen MR) is 103 cm³/mol. The summed E-state index contributed by atoms with van der Waals surface area (Å²) in [6.45, 7) is 0. The molecule has 0 aliphatic rings. The van der Waals surface area contributed by atoms with E-state index in [0.29, 0.717) is 15.7 Å². The molecule has 3 aromatic rings. The molecule has 2 nitrogen and oxygen atoms in total. The first-order valence-corrected chi connectivity index (χ1v) is 8.57. The molecule has 0 saturated carbocycles. The van der Waals surface area contributed by atoms with Crippen LogP contribution in [0.15, 0.2) is 46.8 Å². The van der Waals surface area contributed by atoms with Crippen LogP contribution in [0.25, 0.3) is 16.9 Å². The van der Waals surface area contributed by atoms with E-state index >= 15 is 0 Å². The smallest absolute Gasteiger partial charge is 0.189 e. The van der Waals surface area contributed by atoms with E-state index in [2.05, 4.69) is 4.99 Å². The van der Waals surface area contributed by atoms with Gasteiger partial charge < -0.3 is 0 Å². The summed E-state index contributed by atoms with van der Waals surface area (Å²) in [5, 5.41) is 3.08. The standard InChI is InChI=1S/C16H10Cl3FN2S.ClH/c1-21-16-22(10-3-5-14(20)13(19)7-10)15(8-23-16)11-4-2-9(17)6-12(11)18;/h2-8H,1H3;1H. The summed E-state index contributed by atoms with van der Waals surface area (Å²) >= 11 is 19.7. The predicted octanol–water partition coefficient (Wildman–Crippen LogP) is 6.26. The SMILES string of the molecule is CN=c1scc(-c2ccc(Cl)cc2Cl)n1-c1ccc(F)c(Cl)c1.Cl. The molecule has 0 fully saturated rings. The van der Waals surface area contributed by atoms with Crippen molar-refractivity contribution < 1.29 is 4.39 Å². The summed E-state index contributed by atoms with van der Waals surface area (Å²) < 4.78 is 15.3. The van der Waals surface area contributed by atoms with Crippen molar-refractivity contribution in [2.24, 2.45) is 4.99 Å². The van der Waals surface area contributed by atoms with Gasteiger partial charge in [0.2, 0.25) is 0 Å². The number of aromatic nitrogens is 1. The quantitative estimate of drug-likeness (QED) is 0.463. The average Bonchev–Trinajstić information content (AvgIpc) is 2.93. The number of benzene rings is 2. The second-order valence-electron chi connectivity index (χ2n) is 4.69. The van der Waals surface area contributed by atoms with Crippen molar-refractivity contribution in [3.8, 4) is 16.9 Å². The zero-order valence-electron chi connectivity index (χ0n) is 12.3. The van der Waals surface area contributed by atoms with Crippen LogP contribution in [0, 0.1) is 5.82 Å². The molecule has 0 amide bonds. The van der Waals surface area contributed by atoms with Crippen LogP contribution in [-0.2, 0) is 0 Å². The van der Waals surface area contributed by atoms with Gasteiger partial charge in [-0.15, -0.1) is 23.7 Å². The Bertz CT molecular complexity index is 949. The minimum absolute atomic E-state index is 0. The van der Waals surface area contributed by atoms with E-state index in [1.807, 2.05) is 16.0 Å². The first-order valence-electron chi connectivity index (χ1n) is 6.55. The van der Waals surface area contributed by atoms with Gasteiger partial charge in [-0.05, 0) is 36.4 Å². The maximum absolute atomic E-state index is 13.5. The molecule has 0 saturated heterocycles. The minimum atomic E-state index is -0.465. The minimum Gasteiger partial charge on any atom is -0.285 e. The molecule has 1 heterocycles. The third-order valence-corrected chi connectivity index (χ3v) is 5.02. The maximum Gasteiger partial charge on any atom is 0.189 e. The Morgan fingerprint density at radius 2 is 1.79 bits per heavy atom. The topological polar surface area (TPSA) is 17.3 Å². The molecule has 0 unspecified atom stereocenters. The number of nitrogens with zero attached hydrogens (tertiary/aromatic N) is 2. The first kappa shape index (κ1) is 19.3. The fraction of sp³-hybridized carbons (Fsp3) is 0.0625. The van der Waals surface area contributed by atoms with Crippen LogP contribution < -0.4 is 4.80 Å². The van der Waals surface area contributed by atoms with Crippen LogP contribution in [0.3, 0.4) is 0 Å². The van der Waals surface area contributed by atoms with Crippen LogP contribution >= 0.6 is 58.5 Å². The second kappa shape index (κ2) is 7.89. The molecular formula is C16H11Cl4FN2S. The van der Waals surface area contributed by atoms with Crippen molar-refractivity contribution in [2.75, 3.05) is 7.05 Å². The monoisotopic (exact) mass is 422 g/mol. The molecule has 1 aromatic heterocycles. The molecule has 0 bridgehead atoms. The third kappa shape index (κ3) is 3.63. The van der Waals surface area contributed by atoms with E-state index in [-0.39, 0.29) is 17.4 Å². The van der Waals surface area contributed by atoms with Crippen molar-refractivity contribution >= 4 is 58.5 Å². The molecule has 8 heteroatoms. The summed E-state index contributed by atoms with van der Waals surface area (Å²) in [4.78, 5) is 5.01. The molecule has 126 valence electrons. The van der Waals surface area contributed by atoms with Crippen molar-refractivity contribution in [3.05, 3.63) is 67.5 Å². The van der Waals surface area contributed by atoms with Gasteiger partial charge in [0.05, 0.1) is 21.4 Å². The highest BCUT2D eigenvalue weighted by molar-refractivity contribution is 7.07. The van der Waals surface area contributed by atoms with Gasteiger partial charge in [0.1, 0.15) is 5.82 Å². The molecule has 24 heavy (non-hydrogen) atoms. The molecule has 0 spiro atoms. The number of thiazole rings is 1. The summed E-state index contributed by atoms with van der Waals surface area (Å²) in [6, 6.07) is 9.83. The highest BCUT2D eigenvalue weighted by Crippen LogP contribution is 2.32. The number of halogens is 5. The van der Waals surface area contributed by atoms with E-state index in [1.54, 1.807) is 31.3 Å². The van der Waals surface area contributed by atoms with Gasteiger partial charge in [0, 0.05) is 23.0 Å². The van der Waals surface area contributed by atoms with Gasteiger partial charge in [0.25, 0.3) is 0 Å². The largest absolute Gasteiger partial charge is 0.285 e. The number of hydrogen-bond acceptors (Lipinski definition) is 2. The molecule has 3 rings (SSSR count). The molecular weight excluding hydrogens is 413 g/mol. The Balaban J connectivity index is 0.00000208. The van der Waals surface area contributed by atoms with Crippen LogP contribution in [0.2, 0.25) is 15.1 Å². The van der Waals surface area contributed by atoms with Gasteiger partial charge in [-0.25, -0.2) is 4.39 Å². The lowest BCUT2D eigenvalue weighted by atomic mass is 10.1. The third-order valence-electron chi connectivity index (χ3n) is 3.27. The summed E-state index contributed by atoms with van der Waals surface area (Å²) in [5.41, 5.74) is 2.35. The fourth-order valence-corrected chi connectivity index (χ4v) is 3.77. The Hall–Kier alpha value is -1.04. The Kier molecular flexibility index (Phi) is 6.34. The van der Waals surface area contributed by atoms with Crippen molar-refractivity contribution in [2.45, 2.75) is 0 Å². The van der Waals surface area contributed by atoms with Crippen molar-refractivity contribution in [1.82, 2.24) is 4.57 Å². The average molecular weight is 424 g/mol. The zero-order valence-corrected chi connectivity index (χ0v) is 16.2. The first-order chi connectivity index (χ1) is 11.0. The molecule has 0 radical (unpaired) electrons. The molecule has 0 N–H and O–H groups in total. The van der Waals surface area contributed by atoms with E-state index in [9.17, 15) is 4.39 Å². The Morgan fingerprint density at radius 1 is 1.04 bits per heavy atom. The van der Waals surface area contributed by atoms with E-state index in [0.717, 1.165) is 16.1 Å². The highest BCUT2D eigenvalue weighted by Gasteiger charge is 2.14. The lowest BCUT2D eigenvalue weighted by molar-refractivity contribution is 0.628. The van der Waals surface area contributed by atoms with E-state index in [1.165, 1.54) is 17.4 Å². The Labute approximate surface area is 163 Å². The summed E-state index contributed by atoms with van der Waals surface area (Å²) in [5.74, 6) is -0.465. The molecule has 2 aromatic carbocycles. The van der Waals surface area contributed by atoms with Gasteiger partial charge in [-0.1, -0.05) is 34.8 Å². The van der Waals surface area contributed by atoms with E-state index < -0.39 is 5.82 Å². The summed E-state index contributed by atoms with van der Waals surface area (Å²) in [6.07, 6.45) is 0. The zero-order chi connectivity index (χ0) is 16.6. The number of rotatable bonds is 2. The molecule has 0 atom stereocenters. The van der Waals surface area contributed by atoms with Crippen molar-refractivity contribution in [3.63, 3.8) is 0 Å². The summed E-state index contributed by atoms with van der Waals surface area (Å²) in [7, 11) is 1.70. The maximum atomic E-state index is 13.5. The van der Waals surface area contributed by atoms with Gasteiger partial charge >= 0.3 is 0 Å². The van der Waals surface area contributed by atoms with Gasteiger partial charge in [-0.2, -0.15) is 0 Å². The highest BCUT2D eigenvalue weighted by atomic mass is 35.5. The lowest BCUT2D eigenvalue weighted by Gasteiger charge is -2.11. The van der Waals surface area contributed by atoms with Crippen LogP contribution in [-0.4, -0.2) is 11.6 Å². The van der Waals surface area contributed by atoms with Gasteiger partial charge in [-0.3, -0.25) is 9.56 Å². The van der Waals surface area contributed by atoms with Crippen LogP contribution in [0.5, 0.6) is 0 Å². The molecule has 0 aliphatic heterocycles. The van der Waals surface area contributed by atoms with Crippen LogP contribution in [0.1, 0.15) is 0 Å². The second-order valence-corrected chi connectivity index (χ2v) is 6.77.